The van der Waals surface area contributed by atoms with Crippen molar-refractivity contribution in [3.8, 4) is 0 Å². The summed E-state index contributed by atoms with van der Waals surface area (Å²) in [5, 5.41) is 29.7. The summed E-state index contributed by atoms with van der Waals surface area (Å²) < 4.78 is 0. The number of hydrogen-bond donors (Lipinski definition) is 5. The lowest BCUT2D eigenvalue weighted by molar-refractivity contribution is -0.157. The van der Waals surface area contributed by atoms with E-state index in [-0.39, 0.29) is 37.0 Å². The third-order valence-electron chi connectivity index (χ3n) is 3.89. The molecule has 158 valence electrons. The van der Waals surface area contributed by atoms with Crippen LogP contribution in [0.5, 0.6) is 0 Å². The summed E-state index contributed by atoms with van der Waals surface area (Å²) in [7, 11) is 0. The molecule has 0 aliphatic heterocycles. The Labute approximate surface area is 161 Å². The molecular formula is C18H35N3O6. The summed E-state index contributed by atoms with van der Waals surface area (Å²) in [6.07, 6.45) is 0.754. The molecule has 2 unspecified atom stereocenters. The Balaban J connectivity index is 5.71. The van der Waals surface area contributed by atoms with Crippen molar-refractivity contribution in [2.24, 2.45) is 17.8 Å². The van der Waals surface area contributed by atoms with Crippen LogP contribution in [-0.4, -0.2) is 56.5 Å². The zero-order valence-corrected chi connectivity index (χ0v) is 17.1. The summed E-state index contributed by atoms with van der Waals surface area (Å²) in [6.45, 7) is 11.1. The highest BCUT2D eigenvalue weighted by atomic mass is 16.4. The van der Waals surface area contributed by atoms with Crippen molar-refractivity contribution < 1.29 is 29.7 Å². The lowest BCUT2D eigenvalue weighted by Gasteiger charge is -2.35. The monoisotopic (exact) mass is 389 g/mol. The fourth-order valence-corrected chi connectivity index (χ4v) is 2.68. The Morgan fingerprint density at radius 2 is 1.00 bits per heavy atom. The highest BCUT2D eigenvalue weighted by Gasteiger charge is 2.34. The van der Waals surface area contributed by atoms with E-state index in [1.165, 1.54) is 0 Å². The molecule has 0 amide bonds. The van der Waals surface area contributed by atoms with Gasteiger partial charge in [-0.15, -0.1) is 0 Å². The van der Waals surface area contributed by atoms with Gasteiger partial charge < -0.3 is 15.3 Å². The molecule has 5 N–H and O–H groups in total. The fraction of sp³-hybridized carbons (Fsp3) is 0.833. The van der Waals surface area contributed by atoms with E-state index in [4.69, 9.17) is 0 Å². The van der Waals surface area contributed by atoms with E-state index in [1.54, 1.807) is 0 Å². The molecule has 0 aromatic rings. The summed E-state index contributed by atoms with van der Waals surface area (Å²) in [5.41, 5.74) is 5.42. The second-order valence-electron chi connectivity index (χ2n) is 8.15. The number of nitrogens with zero attached hydrogens (tertiary/aromatic N) is 1. The zero-order chi connectivity index (χ0) is 21.3. The zero-order valence-electron chi connectivity index (χ0n) is 17.1. The first-order chi connectivity index (χ1) is 12.3. The maximum Gasteiger partial charge on any atom is 0.323 e. The minimum absolute atomic E-state index is 0.0129. The van der Waals surface area contributed by atoms with E-state index in [9.17, 15) is 29.7 Å². The van der Waals surface area contributed by atoms with Crippen molar-refractivity contribution >= 4 is 17.9 Å². The first kappa shape index (κ1) is 25.3. The molecule has 9 nitrogen and oxygen atoms in total. The minimum Gasteiger partial charge on any atom is -0.480 e. The molecular weight excluding hydrogens is 354 g/mol. The molecule has 0 aliphatic carbocycles. The van der Waals surface area contributed by atoms with Gasteiger partial charge in [0.1, 0.15) is 18.1 Å². The topological polar surface area (TPSA) is 139 Å². The minimum atomic E-state index is -1.16. The maximum atomic E-state index is 11.8. The van der Waals surface area contributed by atoms with Gasteiger partial charge in [0.2, 0.25) is 0 Å². The van der Waals surface area contributed by atoms with Gasteiger partial charge in [-0.05, 0) is 37.0 Å². The lowest BCUT2D eigenvalue weighted by atomic mass is 10.0. The molecule has 0 aromatic heterocycles. The van der Waals surface area contributed by atoms with Gasteiger partial charge in [0.25, 0.3) is 0 Å². The number of rotatable bonds is 14. The van der Waals surface area contributed by atoms with E-state index >= 15 is 0 Å². The molecule has 0 fully saturated rings. The van der Waals surface area contributed by atoms with Crippen molar-refractivity contribution in [2.45, 2.75) is 78.9 Å². The average Bonchev–Trinajstić information content (AvgIpc) is 2.48. The Morgan fingerprint density at radius 1 is 0.667 bits per heavy atom. The molecule has 0 saturated heterocycles. The van der Waals surface area contributed by atoms with Gasteiger partial charge in [-0.1, -0.05) is 41.5 Å². The van der Waals surface area contributed by atoms with Gasteiger partial charge in [-0.2, -0.15) is 5.12 Å². The van der Waals surface area contributed by atoms with E-state index < -0.39 is 36.0 Å². The first-order valence-electron chi connectivity index (χ1n) is 9.35. The van der Waals surface area contributed by atoms with Crippen LogP contribution in [0.1, 0.15) is 60.8 Å². The summed E-state index contributed by atoms with van der Waals surface area (Å²) in [6, 6.07) is -3.20. The number of carboxylic acid groups (broad SMARTS) is 3. The van der Waals surface area contributed by atoms with Crippen molar-refractivity contribution in [2.75, 3.05) is 0 Å². The molecule has 0 saturated carbocycles. The quantitative estimate of drug-likeness (QED) is 0.281. The van der Waals surface area contributed by atoms with Crippen molar-refractivity contribution in [1.82, 2.24) is 16.0 Å². The number of nitrogens with one attached hydrogen (secondary N) is 2. The largest absolute Gasteiger partial charge is 0.480 e. The maximum absolute atomic E-state index is 11.8. The average molecular weight is 389 g/mol. The molecule has 0 heterocycles. The van der Waals surface area contributed by atoms with Gasteiger partial charge in [-0.25, -0.2) is 10.9 Å². The standard InChI is InChI=1S/C18H35N3O6/c1-10(2)7-13(16(22)23)19-21(15(18(26)27)9-12(5)6)20-14(17(24)25)8-11(3)4/h10-15,19-20H,7-9H2,1-6H3,(H,22,23)(H,24,25)(H,26,27)/t13?,14?,15-/m1/s1. The first-order valence-corrected chi connectivity index (χ1v) is 9.35. The predicted molar refractivity (Wildman–Crippen MR) is 101 cm³/mol. The molecule has 27 heavy (non-hydrogen) atoms. The molecule has 9 heteroatoms. The molecule has 0 bridgehead atoms. The summed E-state index contributed by atoms with van der Waals surface area (Å²) >= 11 is 0. The fourth-order valence-electron chi connectivity index (χ4n) is 2.68. The van der Waals surface area contributed by atoms with Crippen LogP contribution in [0, 0.1) is 17.8 Å². The highest BCUT2D eigenvalue weighted by molar-refractivity contribution is 5.75. The number of carboxylic acids is 3. The van der Waals surface area contributed by atoms with Crippen molar-refractivity contribution in [1.29, 1.82) is 0 Å². The molecule has 0 aliphatic rings. The summed E-state index contributed by atoms with van der Waals surface area (Å²) in [4.78, 5) is 35.0. The van der Waals surface area contributed by atoms with Crippen LogP contribution in [0.25, 0.3) is 0 Å². The SMILES string of the molecule is CC(C)CC(NN(NC(CC(C)C)C(=O)O)[C@H](CC(C)C)C(=O)O)C(=O)O. The second-order valence-corrected chi connectivity index (χ2v) is 8.15. The molecule has 0 aromatic carbocycles. The van der Waals surface area contributed by atoms with Crippen LogP contribution in [-0.2, 0) is 14.4 Å². The molecule has 0 rings (SSSR count). The number of aliphatic carboxylic acids is 3. The van der Waals surface area contributed by atoms with E-state index in [2.05, 4.69) is 10.9 Å². The van der Waals surface area contributed by atoms with Gasteiger partial charge in [0.05, 0.1) is 0 Å². The third-order valence-corrected chi connectivity index (χ3v) is 3.89. The van der Waals surface area contributed by atoms with E-state index in [0.717, 1.165) is 5.12 Å². The van der Waals surface area contributed by atoms with Gasteiger partial charge >= 0.3 is 17.9 Å². The Morgan fingerprint density at radius 3 is 1.22 bits per heavy atom. The van der Waals surface area contributed by atoms with E-state index in [1.807, 2.05) is 41.5 Å². The van der Waals surface area contributed by atoms with Crippen LogP contribution in [0.2, 0.25) is 0 Å². The molecule has 0 radical (unpaired) electrons. The number of carbonyl (C=O) groups is 3. The normalized spacial score (nSPS) is 15.3. The van der Waals surface area contributed by atoms with E-state index in [0.29, 0.717) is 0 Å². The van der Waals surface area contributed by atoms with Crippen LogP contribution in [0.15, 0.2) is 0 Å². The second kappa shape index (κ2) is 11.9. The van der Waals surface area contributed by atoms with Crippen LogP contribution >= 0.6 is 0 Å². The predicted octanol–water partition coefficient (Wildman–Crippen LogP) is 1.80. The van der Waals surface area contributed by atoms with Crippen LogP contribution in [0.3, 0.4) is 0 Å². The lowest BCUT2D eigenvalue weighted by Crippen LogP contribution is -2.64. The van der Waals surface area contributed by atoms with Crippen LogP contribution < -0.4 is 10.9 Å². The highest BCUT2D eigenvalue weighted by Crippen LogP contribution is 2.14. The van der Waals surface area contributed by atoms with Gasteiger partial charge in [-0.3, -0.25) is 14.4 Å². The third kappa shape index (κ3) is 10.3. The molecule has 3 atom stereocenters. The number of hydrogen-bond acceptors (Lipinski definition) is 6. The van der Waals surface area contributed by atoms with Gasteiger partial charge in [0.15, 0.2) is 0 Å². The Kier molecular flexibility index (Phi) is 11.1. The summed E-state index contributed by atoms with van der Waals surface area (Å²) in [5.74, 6) is -3.29. The van der Waals surface area contributed by atoms with Crippen molar-refractivity contribution in [3.63, 3.8) is 0 Å². The van der Waals surface area contributed by atoms with Crippen LogP contribution in [0.4, 0.5) is 0 Å². The van der Waals surface area contributed by atoms with Crippen molar-refractivity contribution in [3.05, 3.63) is 0 Å². The van der Waals surface area contributed by atoms with Gasteiger partial charge in [0, 0.05) is 0 Å². The molecule has 0 spiro atoms. The Hall–Kier alpha value is -1.71. The smallest absolute Gasteiger partial charge is 0.323 e. The number of hydrazine groups is 2. The Bertz CT molecular complexity index is 465.